The number of nitrogens with zero attached hydrogens (tertiary/aromatic N) is 3. The minimum atomic E-state index is 0. The smallest absolute Gasteiger partial charge is 0.236 e. The highest BCUT2D eigenvalue weighted by atomic mass is 79.9. The second-order valence-corrected chi connectivity index (χ2v) is 4.87. The molecule has 1 aromatic rings. The summed E-state index contributed by atoms with van der Waals surface area (Å²) in [5.74, 6) is 0.0418. The second kappa shape index (κ2) is 6.37. The first kappa shape index (κ1) is 14.5. The van der Waals surface area contributed by atoms with Crippen LogP contribution in [0, 0.1) is 0 Å². The van der Waals surface area contributed by atoms with Crippen LogP contribution in [0.15, 0.2) is 16.9 Å². The Bertz CT molecular complexity index is 376. The van der Waals surface area contributed by atoms with Crippen LogP contribution >= 0.6 is 28.3 Å². The quantitative estimate of drug-likeness (QED) is 0.889. The van der Waals surface area contributed by atoms with Crippen molar-refractivity contribution in [3.8, 4) is 0 Å². The maximum atomic E-state index is 11.4. The Kier molecular flexibility index (Phi) is 5.42. The zero-order valence-electron chi connectivity index (χ0n) is 9.38. The van der Waals surface area contributed by atoms with E-state index in [-0.39, 0.29) is 24.9 Å². The fourth-order valence-corrected chi connectivity index (χ4v) is 2.32. The van der Waals surface area contributed by atoms with Crippen LogP contribution in [0.1, 0.15) is 18.9 Å². The van der Waals surface area contributed by atoms with Gasteiger partial charge >= 0.3 is 0 Å². The Labute approximate surface area is 115 Å². The molecule has 1 fully saturated rings. The first-order chi connectivity index (χ1) is 7.70. The molecule has 2 N–H and O–H groups in total. The number of nitrogens with two attached hydrogens (primary N) is 1. The molecule has 96 valence electrons. The molecular weight excluding hydrogens is 307 g/mol. The van der Waals surface area contributed by atoms with Crippen molar-refractivity contribution in [3.05, 3.63) is 16.9 Å². The number of carbonyl (C=O) groups is 1. The molecule has 0 atom stereocenters. The lowest BCUT2D eigenvalue weighted by Gasteiger charge is -2.31. The van der Waals surface area contributed by atoms with Gasteiger partial charge in [0.25, 0.3) is 0 Å². The Morgan fingerprint density at radius 2 is 2.18 bits per heavy atom. The zero-order valence-corrected chi connectivity index (χ0v) is 11.8. The minimum Gasteiger partial charge on any atom is -0.341 e. The normalized spacial score (nSPS) is 16.7. The molecule has 0 saturated carbocycles. The van der Waals surface area contributed by atoms with Crippen LogP contribution in [0.5, 0.6) is 0 Å². The summed E-state index contributed by atoms with van der Waals surface area (Å²) in [6, 6.07) is 0.396. The highest BCUT2D eigenvalue weighted by Gasteiger charge is 2.23. The third kappa shape index (κ3) is 3.43. The van der Waals surface area contributed by atoms with Crippen LogP contribution < -0.4 is 5.73 Å². The number of likely N-dealkylation sites (tertiary alicyclic amines) is 1. The molecule has 5 nitrogen and oxygen atoms in total. The van der Waals surface area contributed by atoms with E-state index in [0.29, 0.717) is 6.04 Å². The summed E-state index contributed by atoms with van der Waals surface area (Å²) >= 11 is 3.38. The molecule has 0 aliphatic carbocycles. The standard InChI is InChI=1S/C10H15BrN4O.ClH/c11-8-6-13-15(7-8)9-1-3-14(4-2-9)10(16)5-12;/h6-7,9H,1-5,12H2;1H. The lowest BCUT2D eigenvalue weighted by molar-refractivity contribution is -0.130. The van der Waals surface area contributed by atoms with Crippen LogP contribution in [-0.2, 0) is 4.79 Å². The first-order valence-corrected chi connectivity index (χ1v) is 6.17. The first-order valence-electron chi connectivity index (χ1n) is 5.38. The molecular formula is C10H16BrClN4O. The summed E-state index contributed by atoms with van der Waals surface area (Å²) in [6.45, 7) is 1.66. The number of rotatable bonds is 2. The Morgan fingerprint density at radius 1 is 1.53 bits per heavy atom. The van der Waals surface area contributed by atoms with Gasteiger partial charge in [0, 0.05) is 19.3 Å². The van der Waals surface area contributed by atoms with Crippen molar-refractivity contribution in [3.63, 3.8) is 0 Å². The van der Waals surface area contributed by atoms with E-state index in [1.165, 1.54) is 0 Å². The van der Waals surface area contributed by atoms with E-state index >= 15 is 0 Å². The van der Waals surface area contributed by atoms with Gasteiger partial charge in [-0.1, -0.05) is 0 Å². The SMILES string of the molecule is Cl.NCC(=O)N1CCC(n2cc(Br)cn2)CC1. The van der Waals surface area contributed by atoms with Crippen molar-refractivity contribution in [1.82, 2.24) is 14.7 Å². The van der Waals surface area contributed by atoms with Gasteiger partial charge in [0.1, 0.15) is 0 Å². The molecule has 0 radical (unpaired) electrons. The van der Waals surface area contributed by atoms with Crippen molar-refractivity contribution >= 4 is 34.2 Å². The molecule has 1 aliphatic rings. The number of amides is 1. The average molecular weight is 324 g/mol. The number of carbonyl (C=O) groups excluding carboxylic acids is 1. The minimum absolute atomic E-state index is 0. The molecule has 0 spiro atoms. The number of halogens is 2. The summed E-state index contributed by atoms with van der Waals surface area (Å²) < 4.78 is 2.96. The van der Waals surface area contributed by atoms with Crippen LogP contribution in [0.25, 0.3) is 0 Å². The van der Waals surface area contributed by atoms with Gasteiger partial charge in [-0.25, -0.2) is 0 Å². The van der Waals surface area contributed by atoms with Crippen molar-refractivity contribution in [2.45, 2.75) is 18.9 Å². The molecule has 0 bridgehead atoms. The molecule has 1 aliphatic heterocycles. The summed E-state index contributed by atoms with van der Waals surface area (Å²) in [7, 11) is 0. The van der Waals surface area contributed by atoms with Gasteiger partial charge in [0.05, 0.1) is 23.3 Å². The molecule has 1 aromatic heterocycles. The monoisotopic (exact) mass is 322 g/mol. The predicted molar refractivity (Wildman–Crippen MR) is 71.1 cm³/mol. The average Bonchev–Trinajstić information content (AvgIpc) is 2.75. The van der Waals surface area contributed by atoms with Crippen molar-refractivity contribution in [2.24, 2.45) is 5.73 Å². The number of hydrogen-bond donors (Lipinski definition) is 1. The van der Waals surface area contributed by atoms with E-state index in [9.17, 15) is 4.79 Å². The zero-order chi connectivity index (χ0) is 11.5. The number of piperidine rings is 1. The molecule has 2 rings (SSSR count). The summed E-state index contributed by atoms with van der Waals surface area (Å²) in [6.07, 6.45) is 5.65. The van der Waals surface area contributed by atoms with Gasteiger partial charge in [-0.15, -0.1) is 12.4 Å². The molecule has 0 unspecified atom stereocenters. The highest BCUT2D eigenvalue weighted by molar-refractivity contribution is 9.10. The van der Waals surface area contributed by atoms with Crippen LogP contribution in [0.4, 0.5) is 0 Å². The van der Waals surface area contributed by atoms with E-state index in [1.54, 1.807) is 6.20 Å². The lowest BCUT2D eigenvalue weighted by Crippen LogP contribution is -2.42. The third-order valence-electron chi connectivity index (χ3n) is 2.94. The van der Waals surface area contributed by atoms with Crippen molar-refractivity contribution < 1.29 is 4.79 Å². The van der Waals surface area contributed by atoms with Crippen molar-refractivity contribution in [1.29, 1.82) is 0 Å². The van der Waals surface area contributed by atoms with E-state index in [4.69, 9.17) is 5.73 Å². The van der Waals surface area contributed by atoms with Crippen LogP contribution in [0.3, 0.4) is 0 Å². The largest absolute Gasteiger partial charge is 0.341 e. The van der Waals surface area contributed by atoms with Crippen LogP contribution in [0.2, 0.25) is 0 Å². The Balaban J connectivity index is 0.00000144. The van der Waals surface area contributed by atoms with Gasteiger partial charge in [-0.05, 0) is 28.8 Å². The van der Waals surface area contributed by atoms with Gasteiger partial charge < -0.3 is 10.6 Å². The summed E-state index contributed by atoms with van der Waals surface area (Å²) in [5, 5.41) is 4.27. The number of hydrogen-bond acceptors (Lipinski definition) is 3. The summed E-state index contributed by atoms with van der Waals surface area (Å²) in [4.78, 5) is 13.2. The highest BCUT2D eigenvalue weighted by Crippen LogP contribution is 2.23. The summed E-state index contributed by atoms with van der Waals surface area (Å²) in [5.41, 5.74) is 5.34. The molecule has 17 heavy (non-hydrogen) atoms. The second-order valence-electron chi connectivity index (χ2n) is 3.95. The van der Waals surface area contributed by atoms with E-state index in [2.05, 4.69) is 21.0 Å². The van der Waals surface area contributed by atoms with E-state index < -0.39 is 0 Å². The Hall–Kier alpha value is -0.590. The fourth-order valence-electron chi connectivity index (χ4n) is 2.02. The number of aromatic nitrogens is 2. The van der Waals surface area contributed by atoms with Crippen molar-refractivity contribution in [2.75, 3.05) is 19.6 Å². The van der Waals surface area contributed by atoms with E-state index in [0.717, 1.165) is 30.4 Å². The fraction of sp³-hybridized carbons (Fsp3) is 0.600. The molecule has 7 heteroatoms. The predicted octanol–water partition coefficient (Wildman–Crippen LogP) is 1.19. The lowest BCUT2D eigenvalue weighted by atomic mass is 10.1. The van der Waals surface area contributed by atoms with Crippen LogP contribution in [-0.4, -0.2) is 40.2 Å². The topological polar surface area (TPSA) is 64.2 Å². The molecule has 2 heterocycles. The van der Waals surface area contributed by atoms with Gasteiger partial charge in [-0.3, -0.25) is 9.48 Å². The van der Waals surface area contributed by atoms with E-state index in [1.807, 2.05) is 15.8 Å². The molecule has 1 amide bonds. The maximum Gasteiger partial charge on any atom is 0.236 e. The van der Waals surface area contributed by atoms with Gasteiger partial charge in [-0.2, -0.15) is 5.10 Å². The molecule has 1 saturated heterocycles. The third-order valence-corrected chi connectivity index (χ3v) is 3.35. The Morgan fingerprint density at radius 3 is 2.65 bits per heavy atom. The maximum absolute atomic E-state index is 11.4. The van der Waals surface area contributed by atoms with Gasteiger partial charge in [0.15, 0.2) is 0 Å². The molecule has 0 aromatic carbocycles. The van der Waals surface area contributed by atoms with Gasteiger partial charge in [0.2, 0.25) is 5.91 Å².